The lowest BCUT2D eigenvalue weighted by Crippen LogP contribution is -2.39. The topological polar surface area (TPSA) is 96.9 Å². The van der Waals surface area contributed by atoms with E-state index in [0.717, 1.165) is 56.3 Å². The maximum atomic E-state index is 13.7. The van der Waals surface area contributed by atoms with E-state index in [1.54, 1.807) is 0 Å². The van der Waals surface area contributed by atoms with E-state index in [1.165, 1.54) is 12.8 Å². The molecule has 3 aliphatic rings. The summed E-state index contributed by atoms with van der Waals surface area (Å²) in [4.78, 5) is 14.4. The predicted molar refractivity (Wildman–Crippen MR) is 155 cm³/mol. The number of imidazole rings is 1. The molecule has 0 atom stereocenters. The molecule has 1 aromatic carbocycles. The van der Waals surface area contributed by atoms with Crippen molar-refractivity contribution in [3.8, 4) is 0 Å². The molecule has 1 saturated heterocycles. The number of aromatic nitrogens is 4. The molecule has 3 fully saturated rings. The summed E-state index contributed by atoms with van der Waals surface area (Å²) in [6.07, 6.45) is 1.57. The molecule has 1 aliphatic heterocycles. The highest BCUT2D eigenvalue weighted by atomic mass is 19.4. The van der Waals surface area contributed by atoms with Crippen LogP contribution < -0.4 is 16.5 Å². The van der Waals surface area contributed by atoms with Crippen molar-refractivity contribution in [2.24, 2.45) is 11.7 Å². The number of nitrogens with two attached hydrogens (primary N) is 1. The predicted octanol–water partition coefficient (Wildman–Crippen LogP) is 6.94. The van der Waals surface area contributed by atoms with Crippen LogP contribution in [0.4, 0.5) is 38.1 Å². The van der Waals surface area contributed by atoms with Crippen LogP contribution in [0.2, 0.25) is 0 Å². The fraction of sp³-hybridized carbons (Fsp3) is 0.633. The number of nitrogens with zero attached hydrogens (tertiary/aromatic N) is 5. The SMILES string of the molecule is NC1CCC(Nc2nc(NN3CCC(Cc4ccc(C(F)(F)F)cc4C(F)(F)F)CC3)c3ncn(C4CCCC4)c3n2)CC1. The van der Waals surface area contributed by atoms with E-state index in [9.17, 15) is 26.3 Å². The Hall–Kier alpha value is -3.13. The van der Waals surface area contributed by atoms with Gasteiger partial charge in [0.25, 0.3) is 0 Å². The van der Waals surface area contributed by atoms with E-state index in [1.807, 2.05) is 11.3 Å². The summed E-state index contributed by atoms with van der Waals surface area (Å²) in [6.45, 7) is 1.06. The molecular weight excluding hydrogens is 586 g/mol. The molecule has 4 N–H and O–H groups in total. The molecule has 0 unspecified atom stereocenters. The maximum absolute atomic E-state index is 13.7. The van der Waals surface area contributed by atoms with Crippen LogP contribution in [0.25, 0.3) is 11.2 Å². The van der Waals surface area contributed by atoms with E-state index in [4.69, 9.17) is 15.7 Å². The van der Waals surface area contributed by atoms with Crippen LogP contribution in [0.1, 0.15) is 86.9 Å². The van der Waals surface area contributed by atoms with E-state index in [-0.39, 0.29) is 36.1 Å². The Morgan fingerprint density at radius 2 is 1.57 bits per heavy atom. The van der Waals surface area contributed by atoms with Gasteiger partial charge < -0.3 is 21.0 Å². The molecule has 0 spiro atoms. The third-order valence-corrected chi connectivity index (χ3v) is 9.37. The number of alkyl halides is 6. The highest BCUT2D eigenvalue weighted by Crippen LogP contribution is 2.39. The van der Waals surface area contributed by atoms with E-state index in [0.29, 0.717) is 49.3 Å². The van der Waals surface area contributed by atoms with Crippen LogP contribution in [0, 0.1) is 5.92 Å². The molecule has 2 aromatic heterocycles. The molecule has 3 aromatic rings. The standard InChI is InChI=1S/C30H38F6N8/c31-29(32,33)20-6-5-19(24(16-20)30(34,35)36)15-18-11-13-43(14-12-18)42-26-25-27(44(17-38-25)23-3-1-2-4-23)41-28(40-26)39-22-9-7-21(37)8-10-22/h5-6,16-18,21-23H,1-4,7-15,37H2,(H2,39,40,41,42). The molecule has 44 heavy (non-hydrogen) atoms. The third-order valence-electron chi connectivity index (χ3n) is 9.37. The minimum atomic E-state index is -4.87. The van der Waals surface area contributed by atoms with Crippen LogP contribution in [0.15, 0.2) is 24.5 Å². The first-order chi connectivity index (χ1) is 20.9. The monoisotopic (exact) mass is 624 g/mol. The highest BCUT2D eigenvalue weighted by molar-refractivity contribution is 5.84. The first kappa shape index (κ1) is 30.9. The Morgan fingerprint density at radius 1 is 0.864 bits per heavy atom. The first-order valence-electron chi connectivity index (χ1n) is 15.5. The number of halogens is 6. The van der Waals surface area contributed by atoms with Crippen molar-refractivity contribution in [1.29, 1.82) is 0 Å². The summed E-state index contributed by atoms with van der Waals surface area (Å²) in [5.74, 6) is 0.993. The minimum Gasteiger partial charge on any atom is -0.351 e. The Morgan fingerprint density at radius 3 is 2.23 bits per heavy atom. The number of hydrazine groups is 1. The molecule has 8 nitrogen and oxygen atoms in total. The van der Waals surface area contributed by atoms with Gasteiger partial charge in [-0.3, -0.25) is 0 Å². The number of hydrogen-bond donors (Lipinski definition) is 3. The number of benzene rings is 1. The largest absolute Gasteiger partial charge is 0.416 e. The number of anilines is 2. The smallest absolute Gasteiger partial charge is 0.351 e. The van der Waals surface area contributed by atoms with E-state index < -0.39 is 23.5 Å². The van der Waals surface area contributed by atoms with E-state index in [2.05, 4.69) is 20.3 Å². The molecule has 6 rings (SSSR count). The van der Waals surface area contributed by atoms with Gasteiger partial charge in [0, 0.05) is 31.2 Å². The maximum Gasteiger partial charge on any atom is 0.416 e. The highest BCUT2D eigenvalue weighted by Gasteiger charge is 2.38. The fourth-order valence-corrected chi connectivity index (χ4v) is 6.86. The Kier molecular flexibility index (Phi) is 8.66. The Balaban J connectivity index is 1.16. The van der Waals surface area contributed by atoms with Gasteiger partial charge in [0.15, 0.2) is 17.0 Å². The normalized spacial score (nSPS) is 23.0. The lowest BCUT2D eigenvalue weighted by Gasteiger charge is -2.33. The number of nitrogens with one attached hydrogen (secondary N) is 2. The molecular formula is C30H38F6N8. The van der Waals surface area contributed by atoms with Crippen LogP contribution in [0.3, 0.4) is 0 Å². The van der Waals surface area contributed by atoms with Crippen molar-refractivity contribution >= 4 is 22.9 Å². The van der Waals surface area contributed by atoms with Crippen LogP contribution in [-0.4, -0.2) is 49.7 Å². The van der Waals surface area contributed by atoms with E-state index >= 15 is 0 Å². The second kappa shape index (κ2) is 12.3. The van der Waals surface area contributed by atoms with Crippen molar-refractivity contribution in [3.05, 3.63) is 41.2 Å². The Bertz CT molecular complexity index is 1430. The fourth-order valence-electron chi connectivity index (χ4n) is 6.86. The Labute approximate surface area is 251 Å². The van der Waals surface area contributed by atoms with Crippen molar-refractivity contribution in [3.63, 3.8) is 0 Å². The molecule has 0 amide bonds. The molecule has 14 heteroatoms. The lowest BCUT2D eigenvalue weighted by atomic mass is 9.88. The number of rotatable bonds is 7. The van der Waals surface area contributed by atoms with Gasteiger partial charge >= 0.3 is 12.4 Å². The van der Waals surface area contributed by atoms with Gasteiger partial charge in [-0.2, -0.15) is 36.3 Å². The van der Waals surface area contributed by atoms with Gasteiger partial charge in [-0.15, -0.1) is 0 Å². The summed E-state index contributed by atoms with van der Waals surface area (Å²) < 4.78 is 82.5. The molecule has 240 valence electrons. The summed E-state index contributed by atoms with van der Waals surface area (Å²) in [5, 5.41) is 5.48. The number of piperidine rings is 1. The zero-order chi connectivity index (χ0) is 31.1. The second-order valence-corrected chi connectivity index (χ2v) is 12.5. The van der Waals surface area contributed by atoms with Gasteiger partial charge in [-0.1, -0.05) is 18.9 Å². The van der Waals surface area contributed by atoms with Crippen LogP contribution in [0.5, 0.6) is 0 Å². The lowest BCUT2D eigenvalue weighted by molar-refractivity contribution is -0.143. The average Bonchev–Trinajstić information content (AvgIpc) is 3.65. The van der Waals surface area contributed by atoms with Crippen LogP contribution >= 0.6 is 0 Å². The van der Waals surface area contributed by atoms with Gasteiger partial charge in [-0.05, 0) is 81.4 Å². The third kappa shape index (κ3) is 6.90. The minimum absolute atomic E-state index is 0.0590. The quantitative estimate of drug-likeness (QED) is 0.245. The number of hydrogen-bond acceptors (Lipinski definition) is 7. The molecule has 3 heterocycles. The molecule has 0 radical (unpaired) electrons. The summed E-state index contributed by atoms with van der Waals surface area (Å²) >= 11 is 0. The summed E-state index contributed by atoms with van der Waals surface area (Å²) in [7, 11) is 0. The first-order valence-corrected chi connectivity index (χ1v) is 15.5. The second-order valence-electron chi connectivity index (χ2n) is 12.5. The van der Waals surface area contributed by atoms with Gasteiger partial charge in [0.2, 0.25) is 5.95 Å². The zero-order valence-electron chi connectivity index (χ0n) is 24.4. The average molecular weight is 625 g/mol. The van der Waals surface area contributed by atoms with Gasteiger partial charge in [0.1, 0.15) is 0 Å². The zero-order valence-corrected chi connectivity index (χ0v) is 24.4. The van der Waals surface area contributed by atoms with Crippen molar-refractivity contribution < 1.29 is 26.3 Å². The van der Waals surface area contributed by atoms with Crippen molar-refractivity contribution in [2.75, 3.05) is 23.8 Å². The molecule has 2 saturated carbocycles. The van der Waals surface area contributed by atoms with Gasteiger partial charge in [0.05, 0.1) is 17.5 Å². The summed E-state index contributed by atoms with van der Waals surface area (Å²) in [5.41, 5.74) is 8.31. The van der Waals surface area contributed by atoms with Crippen molar-refractivity contribution in [2.45, 2.75) is 101 Å². The molecule has 2 aliphatic carbocycles. The number of fused-ring (bicyclic) bond motifs is 1. The van der Waals surface area contributed by atoms with Crippen LogP contribution in [-0.2, 0) is 18.8 Å². The molecule has 0 bridgehead atoms. The van der Waals surface area contributed by atoms with Crippen molar-refractivity contribution in [1.82, 2.24) is 24.5 Å². The van der Waals surface area contributed by atoms with Gasteiger partial charge in [-0.25, -0.2) is 9.99 Å². The summed E-state index contributed by atoms with van der Waals surface area (Å²) in [6, 6.07) is 2.73.